The van der Waals surface area contributed by atoms with Crippen molar-refractivity contribution < 1.29 is 13.2 Å². The van der Waals surface area contributed by atoms with Gasteiger partial charge in [-0.25, -0.2) is 0 Å². The molecule has 0 aliphatic heterocycles. The molecule has 0 aliphatic rings. The van der Waals surface area contributed by atoms with Crippen molar-refractivity contribution in [1.29, 1.82) is 0 Å². The first-order valence-corrected chi connectivity index (χ1v) is 5.50. The highest BCUT2D eigenvalue weighted by Crippen LogP contribution is 2.32. The normalized spacial score (nSPS) is 12.1. The Labute approximate surface area is 105 Å². The molecule has 1 aromatic heterocycles. The first-order valence-electron chi connectivity index (χ1n) is 5.12. The molecule has 1 N–H and O–H groups in total. The van der Waals surface area contributed by atoms with Crippen LogP contribution in [0.15, 0.2) is 16.9 Å². The summed E-state index contributed by atoms with van der Waals surface area (Å²) in [5.74, 6) is 0. The topological polar surface area (TPSA) is 32.9 Å². The standard InChI is InChI=1S/C12H9ClF3NO/c1-5-3-4-7-9(8(5)13)17-11(12(14,15)16)6(2)10(7)18/h3-4H,1-2H3,(H,17,18). The summed E-state index contributed by atoms with van der Waals surface area (Å²) in [7, 11) is 0. The van der Waals surface area contributed by atoms with Crippen molar-refractivity contribution in [2.24, 2.45) is 0 Å². The fourth-order valence-corrected chi connectivity index (χ4v) is 2.02. The average Bonchev–Trinajstić information content (AvgIpc) is 2.26. The third-order valence-corrected chi connectivity index (χ3v) is 3.32. The predicted molar refractivity (Wildman–Crippen MR) is 64.1 cm³/mol. The van der Waals surface area contributed by atoms with Crippen LogP contribution in [0, 0.1) is 13.8 Å². The molecule has 0 saturated carbocycles. The van der Waals surface area contributed by atoms with E-state index in [4.69, 9.17) is 11.6 Å². The van der Waals surface area contributed by atoms with E-state index in [9.17, 15) is 18.0 Å². The van der Waals surface area contributed by atoms with Crippen molar-refractivity contribution in [2.45, 2.75) is 20.0 Å². The van der Waals surface area contributed by atoms with Crippen LogP contribution in [0.3, 0.4) is 0 Å². The van der Waals surface area contributed by atoms with Gasteiger partial charge in [0.05, 0.1) is 10.5 Å². The van der Waals surface area contributed by atoms with E-state index in [1.807, 2.05) is 0 Å². The van der Waals surface area contributed by atoms with Gasteiger partial charge in [-0.1, -0.05) is 17.7 Å². The van der Waals surface area contributed by atoms with Crippen molar-refractivity contribution >= 4 is 22.5 Å². The summed E-state index contributed by atoms with van der Waals surface area (Å²) in [5, 5.41) is 0.297. The molecular formula is C12H9ClF3NO. The average molecular weight is 276 g/mol. The number of hydrogen-bond donors (Lipinski definition) is 1. The number of nitrogens with one attached hydrogen (secondary N) is 1. The number of halogens is 4. The number of aromatic nitrogens is 1. The third kappa shape index (κ3) is 1.88. The van der Waals surface area contributed by atoms with Crippen molar-refractivity contribution in [3.63, 3.8) is 0 Å². The maximum atomic E-state index is 12.8. The van der Waals surface area contributed by atoms with E-state index in [-0.39, 0.29) is 21.5 Å². The van der Waals surface area contributed by atoms with Crippen LogP contribution in [0.4, 0.5) is 13.2 Å². The van der Waals surface area contributed by atoms with Crippen LogP contribution >= 0.6 is 11.6 Å². The number of pyridine rings is 1. The lowest BCUT2D eigenvalue weighted by molar-refractivity contribution is -0.141. The predicted octanol–water partition coefficient (Wildman–Crippen LogP) is 3.82. The van der Waals surface area contributed by atoms with Gasteiger partial charge in [-0.2, -0.15) is 13.2 Å². The van der Waals surface area contributed by atoms with Gasteiger partial charge >= 0.3 is 6.18 Å². The second-order valence-corrected chi connectivity index (χ2v) is 4.45. The van der Waals surface area contributed by atoms with Gasteiger partial charge in [0, 0.05) is 10.9 Å². The van der Waals surface area contributed by atoms with E-state index in [0.29, 0.717) is 5.56 Å². The number of fused-ring (bicyclic) bond motifs is 1. The molecule has 0 unspecified atom stereocenters. The van der Waals surface area contributed by atoms with Gasteiger partial charge in [-0.15, -0.1) is 0 Å². The third-order valence-electron chi connectivity index (χ3n) is 2.83. The molecule has 1 aromatic carbocycles. The Kier molecular flexibility index (Phi) is 2.89. The van der Waals surface area contributed by atoms with Crippen LogP contribution in [-0.2, 0) is 6.18 Å². The summed E-state index contributed by atoms with van der Waals surface area (Å²) in [6, 6.07) is 3.08. The highest BCUT2D eigenvalue weighted by atomic mass is 35.5. The van der Waals surface area contributed by atoms with E-state index in [1.54, 1.807) is 13.0 Å². The Bertz CT molecular complexity index is 688. The fraction of sp³-hybridized carbons (Fsp3) is 0.250. The lowest BCUT2D eigenvalue weighted by Crippen LogP contribution is -2.19. The molecule has 2 nitrogen and oxygen atoms in total. The summed E-state index contributed by atoms with van der Waals surface area (Å²) >= 11 is 5.93. The summed E-state index contributed by atoms with van der Waals surface area (Å²) in [6.07, 6.45) is -4.61. The molecule has 1 heterocycles. The first-order chi connectivity index (χ1) is 8.23. The van der Waals surface area contributed by atoms with Gasteiger partial charge in [0.15, 0.2) is 5.43 Å². The Morgan fingerprint density at radius 3 is 2.39 bits per heavy atom. The minimum absolute atomic E-state index is 0.0274. The van der Waals surface area contributed by atoms with Crippen molar-refractivity contribution in [1.82, 2.24) is 4.98 Å². The Hall–Kier alpha value is -1.49. The molecule has 6 heteroatoms. The van der Waals surface area contributed by atoms with E-state index < -0.39 is 17.3 Å². The van der Waals surface area contributed by atoms with Crippen LogP contribution < -0.4 is 5.43 Å². The number of hydrogen-bond acceptors (Lipinski definition) is 1. The lowest BCUT2D eigenvalue weighted by Gasteiger charge is -2.12. The number of aromatic amines is 1. The molecule has 96 valence electrons. The molecule has 0 aliphatic carbocycles. The molecule has 0 spiro atoms. The van der Waals surface area contributed by atoms with Gasteiger partial charge in [0.1, 0.15) is 5.69 Å². The molecule has 2 rings (SSSR count). The molecule has 0 amide bonds. The van der Waals surface area contributed by atoms with Gasteiger partial charge < -0.3 is 4.98 Å². The van der Waals surface area contributed by atoms with Gasteiger partial charge in [0.2, 0.25) is 0 Å². The quantitative estimate of drug-likeness (QED) is 0.779. The van der Waals surface area contributed by atoms with Crippen LogP contribution in [-0.4, -0.2) is 4.98 Å². The minimum atomic E-state index is -4.61. The maximum absolute atomic E-state index is 12.8. The monoisotopic (exact) mass is 275 g/mol. The molecular weight excluding hydrogens is 267 g/mol. The first kappa shape index (κ1) is 13.0. The SMILES string of the molecule is Cc1ccc2c(=O)c(C)c(C(F)(F)F)[nH]c2c1Cl. The summed E-state index contributed by atoms with van der Waals surface area (Å²) in [4.78, 5) is 14.1. The summed E-state index contributed by atoms with van der Waals surface area (Å²) < 4.78 is 38.3. The summed E-state index contributed by atoms with van der Waals surface area (Å²) in [6.45, 7) is 2.81. The Morgan fingerprint density at radius 1 is 1.22 bits per heavy atom. The van der Waals surface area contributed by atoms with Crippen LogP contribution in [0.25, 0.3) is 10.9 Å². The molecule has 0 bridgehead atoms. The lowest BCUT2D eigenvalue weighted by atomic mass is 10.1. The Balaban J connectivity index is 2.99. The largest absolute Gasteiger partial charge is 0.431 e. The second-order valence-electron chi connectivity index (χ2n) is 4.07. The number of H-pyrrole nitrogens is 1. The fourth-order valence-electron chi connectivity index (χ4n) is 1.81. The Morgan fingerprint density at radius 2 is 1.83 bits per heavy atom. The van der Waals surface area contributed by atoms with Crippen molar-refractivity contribution in [3.8, 4) is 0 Å². The van der Waals surface area contributed by atoms with Gasteiger partial charge in [-0.3, -0.25) is 4.79 Å². The molecule has 2 aromatic rings. The zero-order valence-corrected chi connectivity index (χ0v) is 10.3. The number of rotatable bonds is 0. The number of alkyl halides is 3. The highest BCUT2D eigenvalue weighted by molar-refractivity contribution is 6.35. The number of benzene rings is 1. The minimum Gasteiger partial charge on any atom is -0.349 e. The number of aryl methyl sites for hydroxylation is 1. The van der Waals surface area contributed by atoms with Crippen molar-refractivity contribution in [2.75, 3.05) is 0 Å². The van der Waals surface area contributed by atoms with E-state index in [1.165, 1.54) is 6.07 Å². The maximum Gasteiger partial charge on any atom is 0.431 e. The smallest absolute Gasteiger partial charge is 0.349 e. The van der Waals surface area contributed by atoms with Crippen LogP contribution in [0.5, 0.6) is 0 Å². The summed E-state index contributed by atoms with van der Waals surface area (Å²) in [5.41, 5.74) is -1.42. The zero-order valence-electron chi connectivity index (χ0n) is 9.57. The molecule has 0 atom stereocenters. The van der Waals surface area contributed by atoms with Gasteiger partial charge in [-0.05, 0) is 25.5 Å². The van der Waals surface area contributed by atoms with Crippen LogP contribution in [0.2, 0.25) is 5.02 Å². The molecule has 0 fully saturated rings. The molecule has 18 heavy (non-hydrogen) atoms. The second kappa shape index (κ2) is 4.02. The highest BCUT2D eigenvalue weighted by Gasteiger charge is 2.35. The molecule has 0 saturated heterocycles. The van der Waals surface area contributed by atoms with Crippen molar-refractivity contribution in [3.05, 3.63) is 44.2 Å². The molecule has 0 radical (unpaired) electrons. The van der Waals surface area contributed by atoms with Crippen LogP contribution in [0.1, 0.15) is 16.8 Å². The van der Waals surface area contributed by atoms with E-state index >= 15 is 0 Å². The van der Waals surface area contributed by atoms with E-state index in [0.717, 1.165) is 6.92 Å². The van der Waals surface area contributed by atoms with Gasteiger partial charge in [0.25, 0.3) is 0 Å². The van der Waals surface area contributed by atoms with E-state index in [2.05, 4.69) is 4.98 Å². The zero-order chi connectivity index (χ0) is 13.7.